The smallest absolute Gasteiger partial charge is 0.240 e. The Bertz CT molecular complexity index is 590. The highest BCUT2D eigenvalue weighted by Crippen LogP contribution is 2.15. The van der Waals surface area contributed by atoms with Gasteiger partial charge in [0, 0.05) is 13.1 Å². The van der Waals surface area contributed by atoms with Crippen LogP contribution in [0.25, 0.3) is 0 Å². The lowest BCUT2D eigenvalue weighted by molar-refractivity contribution is 0.394. The van der Waals surface area contributed by atoms with Crippen LogP contribution in [-0.4, -0.2) is 40.0 Å². The van der Waals surface area contributed by atoms with Crippen molar-refractivity contribution < 1.29 is 8.42 Å². The van der Waals surface area contributed by atoms with Crippen molar-refractivity contribution in [3.05, 3.63) is 29.8 Å². The van der Waals surface area contributed by atoms with Crippen molar-refractivity contribution in [1.29, 1.82) is 5.26 Å². The van der Waals surface area contributed by atoms with E-state index < -0.39 is 10.0 Å². The molecule has 1 unspecified atom stereocenters. The van der Waals surface area contributed by atoms with Gasteiger partial charge in [-0.1, -0.05) is 12.1 Å². The molecule has 2 rings (SSSR count). The number of hydrogen-bond donors (Lipinski definition) is 1. The molecule has 5 nitrogen and oxygen atoms in total. The number of likely N-dealkylation sites (tertiary alicyclic amines) is 1. The molecule has 0 aliphatic carbocycles. The van der Waals surface area contributed by atoms with E-state index in [1.807, 2.05) is 13.1 Å². The quantitative estimate of drug-likeness (QED) is 0.878. The van der Waals surface area contributed by atoms with Crippen molar-refractivity contribution >= 4 is 10.0 Å². The predicted octanol–water partition coefficient (Wildman–Crippen LogP) is 0.983. The van der Waals surface area contributed by atoms with E-state index in [1.165, 1.54) is 0 Å². The average Bonchev–Trinajstić information content (AvgIpc) is 2.84. The third-order valence-corrected chi connectivity index (χ3v) is 5.01. The molecule has 1 aromatic rings. The highest BCUT2D eigenvalue weighted by Gasteiger charge is 2.22. The topological polar surface area (TPSA) is 73.2 Å². The molecule has 0 saturated carbocycles. The fourth-order valence-corrected chi connectivity index (χ4v) is 3.50. The number of nitrogens with zero attached hydrogens (tertiary/aromatic N) is 2. The van der Waals surface area contributed by atoms with Crippen LogP contribution in [0.5, 0.6) is 0 Å². The van der Waals surface area contributed by atoms with Crippen LogP contribution in [0.2, 0.25) is 0 Å². The second-order valence-corrected chi connectivity index (χ2v) is 7.01. The van der Waals surface area contributed by atoms with E-state index in [1.54, 1.807) is 24.3 Å². The number of nitriles is 1. The lowest BCUT2D eigenvalue weighted by Crippen LogP contribution is -2.30. The maximum absolute atomic E-state index is 12.1. The van der Waals surface area contributed by atoms with Gasteiger partial charge in [-0.05, 0) is 43.6 Å². The molecule has 108 valence electrons. The Kier molecular flexibility index (Phi) is 4.76. The van der Waals surface area contributed by atoms with Gasteiger partial charge in [0.1, 0.15) is 0 Å². The molecule has 1 aliphatic rings. The van der Waals surface area contributed by atoms with Gasteiger partial charge < -0.3 is 4.90 Å². The minimum absolute atomic E-state index is 0.255. The van der Waals surface area contributed by atoms with Crippen molar-refractivity contribution in [2.45, 2.75) is 17.7 Å². The average molecular weight is 293 g/mol. The van der Waals surface area contributed by atoms with Crippen molar-refractivity contribution in [1.82, 2.24) is 9.62 Å². The van der Waals surface area contributed by atoms with Gasteiger partial charge in [0.25, 0.3) is 0 Å². The Labute approximate surface area is 120 Å². The number of benzene rings is 1. The molecule has 6 heteroatoms. The normalized spacial score (nSPS) is 19.9. The van der Waals surface area contributed by atoms with E-state index >= 15 is 0 Å². The molecule has 1 aliphatic heterocycles. The van der Waals surface area contributed by atoms with Gasteiger partial charge in [0.15, 0.2) is 0 Å². The minimum Gasteiger partial charge on any atom is -0.306 e. The Balaban J connectivity index is 1.97. The SMILES string of the molecule is CN1CCC(CNS(=O)(=O)c2ccc(CC#N)cc2)C1. The summed E-state index contributed by atoms with van der Waals surface area (Å²) in [5.74, 6) is 0.382. The number of rotatable bonds is 5. The number of nitrogens with one attached hydrogen (secondary N) is 1. The zero-order chi connectivity index (χ0) is 14.6. The summed E-state index contributed by atoms with van der Waals surface area (Å²) >= 11 is 0. The Morgan fingerprint density at radius 3 is 2.65 bits per heavy atom. The molecular weight excluding hydrogens is 274 g/mol. The zero-order valence-corrected chi connectivity index (χ0v) is 12.4. The molecule has 1 heterocycles. The molecule has 1 N–H and O–H groups in total. The highest BCUT2D eigenvalue weighted by molar-refractivity contribution is 7.89. The zero-order valence-electron chi connectivity index (χ0n) is 11.5. The van der Waals surface area contributed by atoms with Crippen molar-refractivity contribution in [3.63, 3.8) is 0 Å². The molecule has 0 amide bonds. The Hall–Kier alpha value is -1.42. The summed E-state index contributed by atoms with van der Waals surface area (Å²) in [5.41, 5.74) is 0.823. The molecule has 1 saturated heterocycles. The van der Waals surface area contributed by atoms with Crippen LogP contribution in [-0.2, 0) is 16.4 Å². The van der Waals surface area contributed by atoms with Crippen LogP contribution >= 0.6 is 0 Å². The van der Waals surface area contributed by atoms with E-state index in [0.29, 0.717) is 18.9 Å². The Morgan fingerprint density at radius 1 is 1.40 bits per heavy atom. The second kappa shape index (κ2) is 6.35. The van der Waals surface area contributed by atoms with Gasteiger partial charge in [0.2, 0.25) is 10.0 Å². The number of sulfonamides is 1. The first-order chi connectivity index (χ1) is 9.51. The Morgan fingerprint density at radius 2 is 2.10 bits per heavy atom. The largest absolute Gasteiger partial charge is 0.306 e. The van der Waals surface area contributed by atoms with Crippen LogP contribution in [0.15, 0.2) is 29.2 Å². The predicted molar refractivity (Wildman–Crippen MR) is 76.6 cm³/mol. The fraction of sp³-hybridized carbons (Fsp3) is 0.500. The van der Waals surface area contributed by atoms with Gasteiger partial charge in [-0.15, -0.1) is 0 Å². The van der Waals surface area contributed by atoms with Crippen molar-refractivity contribution in [3.8, 4) is 6.07 Å². The fourth-order valence-electron chi connectivity index (χ4n) is 2.38. The van der Waals surface area contributed by atoms with Gasteiger partial charge >= 0.3 is 0 Å². The summed E-state index contributed by atoms with van der Waals surface area (Å²) in [4.78, 5) is 2.46. The molecular formula is C14H19N3O2S. The van der Waals surface area contributed by atoms with E-state index in [0.717, 1.165) is 25.1 Å². The highest BCUT2D eigenvalue weighted by atomic mass is 32.2. The van der Waals surface area contributed by atoms with Crippen molar-refractivity contribution in [2.24, 2.45) is 5.92 Å². The molecule has 0 bridgehead atoms. The maximum atomic E-state index is 12.1. The van der Waals surface area contributed by atoms with E-state index in [9.17, 15) is 8.42 Å². The summed E-state index contributed by atoms with van der Waals surface area (Å²) in [7, 11) is -1.40. The second-order valence-electron chi connectivity index (χ2n) is 5.25. The molecule has 1 aromatic carbocycles. The van der Waals surface area contributed by atoms with Gasteiger partial charge in [-0.2, -0.15) is 5.26 Å². The summed E-state index contributed by atoms with van der Waals surface area (Å²) in [6.45, 7) is 2.44. The van der Waals surface area contributed by atoms with Crippen LogP contribution < -0.4 is 4.72 Å². The van der Waals surface area contributed by atoms with Gasteiger partial charge in [-0.25, -0.2) is 13.1 Å². The monoisotopic (exact) mass is 293 g/mol. The third kappa shape index (κ3) is 3.79. The van der Waals surface area contributed by atoms with Crippen LogP contribution in [0.3, 0.4) is 0 Å². The molecule has 0 radical (unpaired) electrons. The maximum Gasteiger partial charge on any atom is 0.240 e. The summed E-state index contributed by atoms with van der Waals surface area (Å²) < 4.78 is 27.0. The standard InChI is InChI=1S/C14H19N3O2S/c1-17-9-7-13(11-17)10-16-20(18,19)14-4-2-12(3-5-14)6-8-15/h2-5,13,16H,6-7,9-11H2,1H3. The van der Waals surface area contributed by atoms with E-state index in [-0.39, 0.29) is 4.90 Å². The molecule has 0 aromatic heterocycles. The molecule has 1 fully saturated rings. The molecule has 0 spiro atoms. The number of hydrogen-bond acceptors (Lipinski definition) is 4. The lowest BCUT2D eigenvalue weighted by atomic mass is 10.1. The van der Waals surface area contributed by atoms with Crippen LogP contribution in [0.4, 0.5) is 0 Å². The first kappa shape index (κ1) is 15.0. The first-order valence-corrected chi connectivity index (χ1v) is 8.13. The van der Waals surface area contributed by atoms with Crippen LogP contribution in [0.1, 0.15) is 12.0 Å². The minimum atomic E-state index is -3.45. The van der Waals surface area contributed by atoms with E-state index in [4.69, 9.17) is 5.26 Å². The van der Waals surface area contributed by atoms with Crippen molar-refractivity contribution in [2.75, 3.05) is 26.7 Å². The van der Waals surface area contributed by atoms with Crippen LogP contribution in [0, 0.1) is 17.2 Å². The molecule has 1 atom stereocenters. The third-order valence-electron chi connectivity index (χ3n) is 3.57. The summed E-state index contributed by atoms with van der Waals surface area (Å²) in [6.07, 6.45) is 1.32. The first-order valence-electron chi connectivity index (χ1n) is 6.65. The molecule has 20 heavy (non-hydrogen) atoms. The van der Waals surface area contributed by atoms with E-state index in [2.05, 4.69) is 9.62 Å². The summed E-state index contributed by atoms with van der Waals surface area (Å²) in [5, 5.41) is 8.59. The lowest BCUT2D eigenvalue weighted by Gasteiger charge is -2.12. The van der Waals surface area contributed by atoms with Gasteiger partial charge in [0.05, 0.1) is 17.4 Å². The van der Waals surface area contributed by atoms with Gasteiger partial charge in [-0.3, -0.25) is 0 Å². The summed E-state index contributed by atoms with van der Waals surface area (Å²) in [6, 6.07) is 8.50.